The van der Waals surface area contributed by atoms with Crippen molar-refractivity contribution in [3.8, 4) is 11.5 Å². The van der Waals surface area contributed by atoms with Crippen LogP contribution >= 0.6 is 0 Å². The summed E-state index contributed by atoms with van der Waals surface area (Å²) in [4.78, 5) is 28.0. The molecule has 30 heavy (non-hydrogen) atoms. The van der Waals surface area contributed by atoms with Crippen molar-refractivity contribution >= 4 is 17.5 Å². The molecule has 6 nitrogen and oxygen atoms in total. The molecule has 1 heterocycles. The molecule has 0 unspecified atom stereocenters. The summed E-state index contributed by atoms with van der Waals surface area (Å²) in [6.07, 6.45) is 2.49. The topological polar surface area (TPSA) is 80.3 Å². The molecule has 1 aromatic heterocycles. The van der Waals surface area contributed by atoms with Crippen LogP contribution < -0.4 is 15.4 Å². The van der Waals surface area contributed by atoms with Crippen LogP contribution in [0, 0.1) is 13.8 Å². The second-order valence-electron chi connectivity index (χ2n) is 7.05. The van der Waals surface area contributed by atoms with Crippen molar-refractivity contribution in [2.45, 2.75) is 26.7 Å². The number of pyridine rings is 1. The Labute approximate surface area is 176 Å². The van der Waals surface area contributed by atoms with Gasteiger partial charge in [-0.15, -0.1) is 0 Å². The van der Waals surface area contributed by atoms with Crippen LogP contribution in [0.2, 0.25) is 0 Å². The highest BCUT2D eigenvalue weighted by Crippen LogP contribution is 2.23. The van der Waals surface area contributed by atoms with Gasteiger partial charge >= 0.3 is 0 Å². The molecule has 0 fully saturated rings. The molecule has 0 bridgehead atoms. The third kappa shape index (κ3) is 5.67. The molecule has 0 aliphatic rings. The molecule has 154 valence electrons. The van der Waals surface area contributed by atoms with Crippen LogP contribution in [-0.2, 0) is 11.2 Å². The summed E-state index contributed by atoms with van der Waals surface area (Å²) in [5.41, 5.74) is 4.43. The molecule has 2 N–H and O–H groups in total. The lowest BCUT2D eigenvalue weighted by atomic mass is 10.1. The molecule has 3 aromatic rings. The van der Waals surface area contributed by atoms with Crippen molar-refractivity contribution in [3.63, 3.8) is 0 Å². The highest BCUT2D eigenvalue weighted by molar-refractivity contribution is 5.92. The van der Waals surface area contributed by atoms with Crippen LogP contribution in [0.15, 0.2) is 60.8 Å². The third-order valence-corrected chi connectivity index (χ3v) is 4.76. The van der Waals surface area contributed by atoms with Gasteiger partial charge in [0.2, 0.25) is 5.91 Å². The summed E-state index contributed by atoms with van der Waals surface area (Å²) >= 11 is 0. The van der Waals surface area contributed by atoms with Gasteiger partial charge in [-0.05, 0) is 67.3 Å². The second-order valence-corrected chi connectivity index (χ2v) is 7.05. The number of aryl methyl sites for hydroxylation is 3. The monoisotopic (exact) mass is 403 g/mol. The highest BCUT2D eigenvalue weighted by atomic mass is 16.5. The van der Waals surface area contributed by atoms with Crippen molar-refractivity contribution in [1.82, 2.24) is 10.3 Å². The Morgan fingerprint density at radius 1 is 0.967 bits per heavy atom. The van der Waals surface area contributed by atoms with E-state index in [1.54, 1.807) is 19.2 Å². The van der Waals surface area contributed by atoms with Crippen LogP contribution in [0.1, 0.15) is 33.6 Å². The first-order chi connectivity index (χ1) is 14.4. The number of nitrogens with one attached hydrogen (secondary N) is 2. The number of ether oxygens (including phenoxy) is 1. The number of carbonyl (C=O) groups is 2. The normalized spacial score (nSPS) is 10.4. The van der Waals surface area contributed by atoms with Gasteiger partial charge in [0.1, 0.15) is 17.2 Å². The molecule has 0 radical (unpaired) electrons. The molecule has 0 saturated carbocycles. The van der Waals surface area contributed by atoms with Gasteiger partial charge in [0.25, 0.3) is 5.91 Å². The first-order valence-electron chi connectivity index (χ1n) is 9.76. The van der Waals surface area contributed by atoms with Crippen LogP contribution in [0.3, 0.4) is 0 Å². The number of hydrogen-bond acceptors (Lipinski definition) is 4. The summed E-state index contributed by atoms with van der Waals surface area (Å²) in [5.74, 6) is 0.849. The minimum atomic E-state index is -0.274. The molecule has 0 spiro atoms. The van der Waals surface area contributed by atoms with E-state index in [0.29, 0.717) is 24.3 Å². The summed E-state index contributed by atoms with van der Waals surface area (Å²) in [6, 6.07) is 16.7. The number of rotatable bonds is 7. The lowest BCUT2D eigenvalue weighted by molar-refractivity contribution is -0.116. The zero-order valence-electron chi connectivity index (χ0n) is 17.4. The number of carbonyl (C=O) groups excluding carboxylic acids is 2. The van der Waals surface area contributed by atoms with E-state index in [1.165, 1.54) is 11.8 Å². The fourth-order valence-corrected chi connectivity index (χ4v) is 2.93. The summed E-state index contributed by atoms with van der Waals surface area (Å²) < 4.78 is 5.86. The van der Waals surface area contributed by atoms with Crippen LogP contribution in [-0.4, -0.2) is 23.8 Å². The van der Waals surface area contributed by atoms with Crippen molar-refractivity contribution in [2.24, 2.45) is 0 Å². The summed E-state index contributed by atoms with van der Waals surface area (Å²) in [6.45, 7) is 4.07. The van der Waals surface area contributed by atoms with Gasteiger partial charge in [0.15, 0.2) is 0 Å². The van der Waals surface area contributed by atoms with Gasteiger partial charge in [0, 0.05) is 31.4 Å². The lowest BCUT2D eigenvalue weighted by Crippen LogP contribution is -2.18. The maximum absolute atomic E-state index is 12.3. The Morgan fingerprint density at radius 2 is 1.77 bits per heavy atom. The molecule has 0 aliphatic carbocycles. The van der Waals surface area contributed by atoms with Gasteiger partial charge in [-0.25, -0.2) is 0 Å². The zero-order chi connectivity index (χ0) is 21.5. The van der Waals surface area contributed by atoms with Crippen LogP contribution in [0.5, 0.6) is 11.5 Å². The predicted molar refractivity (Wildman–Crippen MR) is 117 cm³/mol. The molecular weight excluding hydrogens is 378 g/mol. The minimum Gasteiger partial charge on any atom is -0.457 e. The van der Waals surface area contributed by atoms with Gasteiger partial charge in [-0.2, -0.15) is 0 Å². The average Bonchev–Trinajstić information content (AvgIpc) is 2.75. The van der Waals surface area contributed by atoms with Gasteiger partial charge in [0.05, 0.1) is 0 Å². The predicted octanol–water partition coefficient (Wildman–Crippen LogP) is 4.42. The number of benzene rings is 2. The molecule has 0 atom stereocenters. The molecule has 6 heteroatoms. The van der Waals surface area contributed by atoms with Gasteiger partial charge in [-0.1, -0.05) is 18.2 Å². The number of amides is 2. The Kier molecular flexibility index (Phi) is 6.80. The lowest BCUT2D eigenvalue weighted by Gasteiger charge is -2.10. The van der Waals surface area contributed by atoms with E-state index in [0.717, 1.165) is 16.8 Å². The smallest absolute Gasteiger partial charge is 0.269 e. The van der Waals surface area contributed by atoms with Crippen LogP contribution in [0.25, 0.3) is 0 Å². The average molecular weight is 403 g/mol. The number of aromatic nitrogens is 1. The molecule has 2 aromatic carbocycles. The highest BCUT2D eigenvalue weighted by Gasteiger charge is 2.08. The molecular formula is C24H25N3O3. The van der Waals surface area contributed by atoms with Gasteiger partial charge in [-0.3, -0.25) is 14.6 Å². The molecule has 0 aliphatic heterocycles. The number of hydrogen-bond donors (Lipinski definition) is 2. The zero-order valence-corrected chi connectivity index (χ0v) is 17.4. The summed E-state index contributed by atoms with van der Waals surface area (Å²) in [7, 11) is 1.55. The Balaban J connectivity index is 1.59. The Hall–Kier alpha value is -3.67. The van der Waals surface area contributed by atoms with Crippen molar-refractivity contribution in [1.29, 1.82) is 0 Å². The van der Waals surface area contributed by atoms with E-state index in [1.807, 2.05) is 56.3 Å². The van der Waals surface area contributed by atoms with E-state index < -0.39 is 0 Å². The minimum absolute atomic E-state index is 0.0334. The van der Waals surface area contributed by atoms with E-state index >= 15 is 0 Å². The van der Waals surface area contributed by atoms with E-state index in [4.69, 9.17) is 4.74 Å². The van der Waals surface area contributed by atoms with E-state index in [2.05, 4.69) is 15.6 Å². The van der Waals surface area contributed by atoms with Gasteiger partial charge < -0.3 is 15.4 Å². The maximum atomic E-state index is 12.3. The first-order valence-corrected chi connectivity index (χ1v) is 9.76. The first kappa shape index (κ1) is 21.0. The number of anilines is 1. The third-order valence-electron chi connectivity index (χ3n) is 4.76. The van der Waals surface area contributed by atoms with Crippen molar-refractivity contribution in [2.75, 3.05) is 12.4 Å². The largest absolute Gasteiger partial charge is 0.457 e. The quantitative estimate of drug-likeness (QED) is 0.612. The summed E-state index contributed by atoms with van der Waals surface area (Å²) in [5, 5.41) is 5.48. The Bertz CT molecular complexity index is 1060. The van der Waals surface area contributed by atoms with Crippen molar-refractivity contribution < 1.29 is 14.3 Å². The maximum Gasteiger partial charge on any atom is 0.269 e. The van der Waals surface area contributed by atoms with Crippen molar-refractivity contribution in [3.05, 3.63) is 83.2 Å². The fourth-order valence-electron chi connectivity index (χ4n) is 2.93. The molecule has 0 saturated heterocycles. The van der Waals surface area contributed by atoms with E-state index in [-0.39, 0.29) is 17.5 Å². The second kappa shape index (κ2) is 9.69. The SMILES string of the molecule is CNC(=O)c1cc(Oc2cccc(CCC(=O)Nc3ccc(C)c(C)c3)c2)ccn1. The standard InChI is InChI=1S/C24H25N3O3/c1-16-7-9-19(13-17(16)2)27-23(28)10-8-18-5-4-6-20(14-18)30-21-11-12-26-22(15-21)24(29)25-3/h4-7,9,11-15H,8,10H2,1-3H3,(H,25,29)(H,27,28). The molecule has 3 rings (SSSR count). The molecule has 2 amide bonds. The number of nitrogens with zero attached hydrogens (tertiary/aromatic N) is 1. The van der Waals surface area contributed by atoms with Crippen LogP contribution in [0.4, 0.5) is 5.69 Å². The fraction of sp³-hybridized carbons (Fsp3) is 0.208. The Morgan fingerprint density at radius 3 is 2.53 bits per heavy atom. The van der Waals surface area contributed by atoms with E-state index in [9.17, 15) is 9.59 Å².